The lowest BCUT2D eigenvalue weighted by Crippen LogP contribution is -2.48. The Morgan fingerprint density at radius 2 is 1.74 bits per heavy atom. The predicted octanol–water partition coefficient (Wildman–Crippen LogP) is 3.45. The van der Waals surface area contributed by atoms with Crippen molar-refractivity contribution in [3.05, 3.63) is 71.3 Å². The molecule has 1 unspecified atom stereocenters. The first kappa shape index (κ1) is 20.6. The van der Waals surface area contributed by atoms with Crippen molar-refractivity contribution in [2.24, 2.45) is 0 Å². The molecule has 0 saturated carbocycles. The van der Waals surface area contributed by atoms with Crippen LogP contribution >= 0.6 is 0 Å². The summed E-state index contributed by atoms with van der Waals surface area (Å²) in [5.41, 5.74) is 0.959. The van der Waals surface area contributed by atoms with Crippen molar-refractivity contribution < 1.29 is 18.4 Å². The van der Waals surface area contributed by atoms with Gasteiger partial charge in [-0.2, -0.15) is 0 Å². The van der Waals surface area contributed by atoms with E-state index in [4.69, 9.17) is 0 Å². The van der Waals surface area contributed by atoms with Crippen molar-refractivity contribution in [1.29, 1.82) is 0 Å². The molecule has 6 heteroatoms. The van der Waals surface area contributed by atoms with Crippen LogP contribution in [0.4, 0.5) is 8.78 Å². The number of rotatable bonds is 8. The molecule has 0 radical (unpaired) electrons. The number of hydrogen-bond acceptors (Lipinski definition) is 2. The topological polar surface area (TPSA) is 49.4 Å². The molecule has 0 saturated heterocycles. The first-order valence-electron chi connectivity index (χ1n) is 8.97. The molecule has 0 aliphatic rings. The smallest absolute Gasteiger partial charge is 0.242 e. The van der Waals surface area contributed by atoms with Gasteiger partial charge in [0, 0.05) is 13.1 Å². The van der Waals surface area contributed by atoms with Gasteiger partial charge in [0.25, 0.3) is 0 Å². The number of amides is 2. The van der Waals surface area contributed by atoms with Gasteiger partial charge < -0.3 is 10.2 Å². The van der Waals surface area contributed by atoms with E-state index >= 15 is 0 Å². The van der Waals surface area contributed by atoms with Crippen molar-refractivity contribution in [1.82, 2.24) is 10.2 Å². The molecule has 4 nitrogen and oxygen atoms in total. The van der Waals surface area contributed by atoms with Crippen LogP contribution in [0.15, 0.2) is 48.5 Å². The molecule has 0 heterocycles. The molecule has 2 aromatic carbocycles. The second-order valence-electron chi connectivity index (χ2n) is 6.38. The molecule has 0 aliphatic carbocycles. The summed E-state index contributed by atoms with van der Waals surface area (Å²) in [5.74, 6) is -1.49. The first-order valence-corrected chi connectivity index (χ1v) is 8.97. The lowest BCUT2D eigenvalue weighted by molar-refractivity contribution is -0.140. The maximum Gasteiger partial charge on any atom is 0.242 e. The van der Waals surface area contributed by atoms with E-state index in [9.17, 15) is 18.4 Å². The minimum Gasteiger partial charge on any atom is -0.354 e. The lowest BCUT2D eigenvalue weighted by Gasteiger charge is -2.29. The fourth-order valence-electron chi connectivity index (χ4n) is 2.67. The number of halogens is 2. The van der Waals surface area contributed by atoms with Crippen LogP contribution < -0.4 is 5.32 Å². The monoisotopic (exact) mass is 374 g/mol. The van der Waals surface area contributed by atoms with Crippen LogP contribution in [0.25, 0.3) is 0 Å². The zero-order valence-corrected chi connectivity index (χ0v) is 15.5. The van der Waals surface area contributed by atoms with E-state index in [0.717, 1.165) is 6.42 Å². The van der Waals surface area contributed by atoms with Crippen LogP contribution in [0.1, 0.15) is 31.4 Å². The maximum absolute atomic E-state index is 13.9. The molecule has 0 aromatic heterocycles. The average Bonchev–Trinajstić information content (AvgIpc) is 2.66. The van der Waals surface area contributed by atoms with E-state index in [1.54, 1.807) is 37.3 Å². The average molecular weight is 374 g/mol. The Balaban J connectivity index is 2.21. The third-order valence-electron chi connectivity index (χ3n) is 4.28. The number of nitrogens with one attached hydrogen (secondary N) is 1. The Morgan fingerprint density at radius 3 is 2.37 bits per heavy atom. The second-order valence-corrected chi connectivity index (χ2v) is 6.38. The van der Waals surface area contributed by atoms with Crippen LogP contribution in [0.5, 0.6) is 0 Å². The van der Waals surface area contributed by atoms with Crippen molar-refractivity contribution >= 4 is 11.8 Å². The van der Waals surface area contributed by atoms with E-state index in [1.165, 1.54) is 23.1 Å². The Morgan fingerprint density at radius 1 is 1.07 bits per heavy atom. The molecule has 27 heavy (non-hydrogen) atoms. The van der Waals surface area contributed by atoms with Crippen LogP contribution in [-0.2, 0) is 22.6 Å². The summed E-state index contributed by atoms with van der Waals surface area (Å²) in [6.07, 6.45) is 0.624. The van der Waals surface area contributed by atoms with E-state index in [2.05, 4.69) is 5.32 Å². The van der Waals surface area contributed by atoms with E-state index in [0.29, 0.717) is 12.1 Å². The van der Waals surface area contributed by atoms with Gasteiger partial charge in [0.05, 0.1) is 6.42 Å². The van der Waals surface area contributed by atoms with Crippen molar-refractivity contribution in [2.45, 2.75) is 39.3 Å². The van der Waals surface area contributed by atoms with Crippen LogP contribution in [0, 0.1) is 11.6 Å². The number of benzene rings is 2. The SMILES string of the molecule is CCCNC(=O)C(C)N(Cc1ccc(F)cc1)C(=O)Cc1ccccc1F. The van der Waals surface area contributed by atoms with Crippen molar-refractivity contribution in [3.8, 4) is 0 Å². The molecule has 2 aromatic rings. The zero-order chi connectivity index (χ0) is 19.8. The van der Waals surface area contributed by atoms with Crippen LogP contribution in [-0.4, -0.2) is 29.3 Å². The van der Waals surface area contributed by atoms with Crippen molar-refractivity contribution in [2.75, 3.05) is 6.54 Å². The van der Waals surface area contributed by atoms with Gasteiger partial charge in [0.15, 0.2) is 0 Å². The molecule has 1 N–H and O–H groups in total. The molecule has 2 rings (SSSR count). The van der Waals surface area contributed by atoms with Crippen LogP contribution in [0.2, 0.25) is 0 Å². The van der Waals surface area contributed by atoms with Gasteiger partial charge >= 0.3 is 0 Å². The maximum atomic E-state index is 13.9. The largest absolute Gasteiger partial charge is 0.354 e. The Hall–Kier alpha value is -2.76. The lowest BCUT2D eigenvalue weighted by atomic mass is 10.1. The van der Waals surface area contributed by atoms with E-state index in [1.807, 2.05) is 6.92 Å². The molecule has 0 bridgehead atoms. The summed E-state index contributed by atoms with van der Waals surface area (Å²) >= 11 is 0. The van der Waals surface area contributed by atoms with Gasteiger partial charge in [-0.25, -0.2) is 8.78 Å². The summed E-state index contributed by atoms with van der Waals surface area (Å²) in [6, 6.07) is 11.1. The number of hydrogen-bond donors (Lipinski definition) is 1. The zero-order valence-electron chi connectivity index (χ0n) is 15.5. The summed E-state index contributed by atoms with van der Waals surface area (Å²) in [6.45, 7) is 4.21. The number of carbonyl (C=O) groups excluding carboxylic acids is 2. The van der Waals surface area contributed by atoms with Gasteiger partial charge in [-0.3, -0.25) is 9.59 Å². The van der Waals surface area contributed by atoms with Gasteiger partial charge in [-0.1, -0.05) is 37.3 Å². The highest BCUT2D eigenvalue weighted by molar-refractivity contribution is 5.88. The molecular formula is C21H24F2N2O2. The highest BCUT2D eigenvalue weighted by Gasteiger charge is 2.26. The molecule has 144 valence electrons. The predicted molar refractivity (Wildman–Crippen MR) is 99.8 cm³/mol. The van der Waals surface area contributed by atoms with Crippen LogP contribution in [0.3, 0.4) is 0 Å². The third kappa shape index (κ3) is 5.88. The standard InChI is InChI=1S/C21H24F2N2O2/c1-3-12-24-21(27)15(2)25(14-16-8-10-18(22)11-9-16)20(26)13-17-6-4-5-7-19(17)23/h4-11,15H,3,12-14H2,1-2H3,(H,24,27). The minimum atomic E-state index is -0.735. The molecule has 2 amide bonds. The second kappa shape index (κ2) is 9.80. The highest BCUT2D eigenvalue weighted by atomic mass is 19.1. The number of carbonyl (C=O) groups is 2. The number of nitrogens with zero attached hydrogens (tertiary/aromatic N) is 1. The Labute approximate surface area is 158 Å². The molecule has 0 fully saturated rings. The Bertz CT molecular complexity index is 778. The minimum absolute atomic E-state index is 0.133. The van der Waals surface area contributed by atoms with Crippen molar-refractivity contribution in [3.63, 3.8) is 0 Å². The molecule has 0 spiro atoms. The quantitative estimate of drug-likeness (QED) is 0.769. The molecular weight excluding hydrogens is 350 g/mol. The van der Waals surface area contributed by atoms with E-state index in [-0.39, 0.29) is 36.2 Å². The molecule has 0 aliphatic heterocycles. The summed E-state index contributed by atoms with van der Waals surface area (Å²) in [4.78, 5) is 26.6. The normalized spacial score (nSPS) is 11.7. The fraction of sp³-hybridized carbons (Fsp3) is 0.333. The Kier molecular flexibility index (Phi) is 7.46. The van der Waals surface area contributed by atoms with Gasteiger partial charge in [-0.05, 0) is 42.7 Å². The summed E-state index contributed by atoms with van der Waals surface area (Å²) < 4.78 is 27.1. The molecule has 1 atom stereocenters. The third-order valence-corrected chi connectivity index (χ3v) is 4.28. The summed E-state index contributed by atoms with van der Waals surface area (Å²) in [7, 11) is 0. The van der Waals surface area contributed by atoms with Gasteiger partial charge in [0.1, 0.15) is 17.7 Å². The van der Waals surface area contributed by atoms with Gasteiger partial charge in [0.2, 0.25) is 11.8 Å². The fourth-order valence-corrected chi connectivity index (χ4v) is 2.67. The highest BCUT2D eigenvalue weighted by Crippen LogP contribution is 2.14. The van der Waals surface area contributed by atoms with E-state index < -0.39 is 11.9 Å². The van der Waals surface area contributed by atoms with Gasteiger partial charge in [-0.15, -0.1) is 0 Å². The first-order chi connectivity index (χ1) is 12.9. The summed E-state index contributed by atoms with van der Waals surface area (Å²) in [5, 5.41) is 2.77.